The van der Waals surface area contributed by atoms with E-state index >= 15 is 0 Å². The number of halogens is 1. The molecule has 4 heteroatoms. The van der Waals surface area contributed by atoms with Gasteiger partial charge in [0, 0.05) is 28.0 Å². The lowest BCUT2D eigenvalue weighted by Gasteiger charge is -2.18. The molecule has 1 aromatic heterocycles. The van der Waals surface area contributed by atoms with Gasteiger partial charge in [-0.3, -0.25) is 4.98 Å². The molecule has 19 heavy (non-hydrogen) atoms. The molecule has 0 radical (unpaired) electrons. The molecular formula is C15H16BrNO2. The second-order valence-electron chi connectivity index (χ2n) is 4.54. The molecule has 1 unspecified atom stereocenters. The first-order valence-electron chi connectivity index (χ1n) is 6.12. The molecule has 0 aliphatic carbocycles. The van der Waals surface area contributed by atoms with Crippen LogP contribution in [0.25, 0.3) is 0 Å². The molecule has 0 saturated heterocycles. The van der Waals surface area contributed by atoms with Crippen molar-refractivity contribution in [1.29, 1.82) is 0 Å². The Bertz CT molecular complexity index is 557. The Hall–Kier alpha value is -1.39. The lowest BCUT2D eigenvalue weighted by Crippen LogP contribution is -2.10. The average molecular weight is 322 g/mol. The molecular weight excluding hydrogens is 306 g/mol. The van der Waals surface area contributed by atoms with Crippen LogP contribution >= 0.6 is 15.9 Å². The van der Waals surface area contributed by atoms with E-state index in [1.807, 2.05) is 44.2 Å². The first kappa shape index (κ1) is 14.0. The Morgan fingerprint density at radius 3 is 2.63 bits per heavy atom. The number of hydrogen-bond donors (Lipinski definition) is 1. The van der Waals surface area contributed by atoms with Crippen molar-refractivity contribution >= 4 is 15.9 Å². The van der Waals surface area contributed by atoms with Gasteiger partial charge in [0.25, 0.3) is 0 Å². The number of aliphatic hydroxyl groups excluding tert-OH is 1. The summed E-state index contributed by atoms with van der Waals surface area (Å²) in [5.74, 6) is 0.699. The first-order chi connectivity index (χ1) is 9.08. The molecule has 0 amide bonds. The van der Waals surface area contributed by atoms with Gasteiger partial charge in [0.2, 0.25) is 0 Å². The molecule has 0 bridgehead atoms. The first-order valence-corrected chi connectivity index (χ1v) is 6.91. The van der Waals surface area contributed by atoms with Gasteiger partial charge < -0.3 is 9.84 Å². The molecule has 0 spiro atoms. The van der Waals surface area contributed by atoms with Gasteiger partial charge in [0.05, 0.1) is 6.10 Å². The van der Waals surface area contributed by atoms with Gasteiger partial charge in [0.1, 0.15) is 11.9 Å². The van der Waals surface area contributed by atoms with E-state index in [0.29, 0.717) is 5.75 Å². The van der Waals surface area contributed by atoms with E-state index in [1.165, 1.54) is 0 Å². The van der Waals surface area contributed by atoms with Gasteiger partial charge in [-0.05, 0) is 41.9 Å². The fourth-order valence-corrected chi connectivity index (χ4v) is 2.21. The Kier molecular flexibility index (Phi) is 4.56. The monoisotopic (exact) mass is 321 g/mol. The standard InChI is InChI=1S/C15H16BrNO2/c1-10(2)19-14-6-4-3-5-13(14)15(18)11-7-12(16)9-17-8-11/h3-10,15,18H,1-2H3. The van der Waals surface area contributed by atoms with Gasteiger partial charge in [-0.1, -0.05) is 18.2 Å². The molecule has 0 saturated carbocycles. The van der Waals surface area contributed by atoms with Gasteiger partial charge >= 0.3 is 0 Å². The summed E-state index contributed by atoms with van der Waals surface area (Å²) in [6.45, 7) is 3.92. The third-order valence-electron chi connectivity index (χ3n) is 2.62. The lowest BCUT2D eigenvalue weighted by molar-refractivity contribution is 0.198. The number of ether oxygens (including phenoxy) is 1. The van der Waals surface area contributed by atoms with Crippen LogP contribution in [0.3, 0.4) is 0 Å². The Balaban J connectivity index is 2.35. The van der Waals surface area contributed by atoms with Crippen molar-refractivity contribution in [2.75, 3.05) is 0 Å². The maximum Gasteiger partial charge on any atom is 0.125 e. The number of aromatic nitrogens is 1. The summed E-state index contributed by atoms with van der Waals surface area (Å²) in [7, 11) is 0. The molecule has 0 aliphatic rings. The van der Waals surface area contributed by atoms with Gasteiger partial charge in [-0.15, -0.1) is 0 Å². The topological polar surface area (TPSA) is 42.4 Å². The van der Waals surface area contributed by atoms with Crippen LogP contribution in [0.1, 0.15) is 31.1 Å². The van der Waals surface area contributed by atoms with Crippen LogP contribution in [-0.2, 0) is 0 Å². The van der Waals surface area contributed by atoms with Crippen molar-refractivity contribution in [2.24, 2.45) is 0 Å². The average Bonchev–Trinajstić information content (AvgIpc) is 2.38. The van der Waals surface area contributed by atoms with E-state index in [1.54, 1.807) is 12.4 Å². The number of hydrogen-bond acceptors (Lipinski definition) is 3. The number of para-hydroxylation sites is 1. The number of rotatable bonds is 4. The maximum atomic E-state index is 10.5. The summed E-state index contributed by atoms with van der Waals surface area (Å²) >= 11 is 3.36. The third-order valence-corrected chi connectivity index (χ3v) is 3.05. The number of nitrogens with zero attached hydrogens (tertiary/aromatic N) is 1. The summed E-state index contributed by atoms with van der Waals surface area (Å²) in [5, 5.41) is 10.5. The highest BCUT2D eigenvalue weighted by Gasteiger charge is 2.16. The predicted octanol–water partition coefficient (Wildman–Crippen LogP) is 3.71. The summed E-state index contributed by atoms with van der Waals surface area (Å²) < 4.78 is 6.57. The van der Waals surface area contributed by atoms with Crippen LogP contribution in [0.15, 0.2) is 47.2 Å². The Morgan fingerprint density at radius 2 is 1.95 bits per heavy atom. The van der Waals surface area contributed by atoms with Crippen LogP contribution < -0.4 is 4.74 Å². The van der Waals surface area contributed by atoms with E-state index < -0.39 is 6.10 Å². The lowest BCUT2D eigenvalue weighted by atomic mass is 10.0. The molecule has 2 aromatic rings. The summed E-state index contributed by atoms with van der Waals surface area (Å²) in [4.78, 5) is 4.07. The molecule has 0 fully saturated rings. The number of aliphatic hydroxyl groups is 1. The fraction of sp³-hybridized carbons (Fsp3) is 0.267. The summed E-state index contributed by atoms with van der Waals surface area (Å²) in [6, 6.07) is 9.36. The molecule has 1 heterocycles. The normalized spacial score (nSPS) is 12.5. The maximum absolute atomic E-state index is 10.5. The van der Waals surface area contributed by atoms with Gasteiger partial charge in [0.15, 0.2) is 0 Å². The van der Waals surface area contributed by atoms with Gasteiger partial charge in [-0.2, -0.15) is 0 Å². The SMILES string of the molecule is CC(C)Oc1ccccc1C(O)c1cncc(Br)c1. The Morgan fingerprint density at radius 1 is 1.21 bits per heavy atom. The second kappa shape index (κ2) is 6.17. The molecule has 1 N–H and O–H groups in total. The molecule has 3 nitrogen and oxygen atoms in total. The van der Waals surface area contributed by atoms with Crippen molar-refractivity contribution < 1.29 is 9.84 Å². The van der Waals surface area contributed by atoms with E-state index in [-0.39, 0.29) is 6.10 Å². The minimum atomic E-state index is -0.750. The van der Waals surface area contributed by atoms with Crippen LogP contribution in [0, 0.1) is 0 Å². The summed E-state index contributed by atoms with van der Waals surface area (Å²) in [5.41, 5.74) is 1.48. The molecule has 1 aromatic carbocycles. The van der Waals surface area contributed by atoms with E-state index in [2.05, 4.69) is 20.9 Å². The van der Waals surface area contributed by atoms with Crippen LogP contribution in [0.4, 0.5) is 0 Å². The second-order valence-corrected chi connectivity index (χ2v) is 5.46. The largest absolute Gasteiger partial charge is 0.491 e. The van der Waals surface area contributed by atoms with E-state index in [4.69, 9.17) is 4.74 Å². The highest BCUT2D eigenvalue weighted by molar-refractivity contribution is 9.10. The van der Waals surface area contributed by atoms with Crippen molar-refractivity contribution in [3.8, 4) is 5.75 Å². The van der Waals surface area contributed by atoms with Gasteiger partial charge in [-0.25, -0.2) is 0 Å². The number of benzene rings is 1. The van der Waals surface area contributed by atoms with E-state index in [0.717, 1.165) is 15.6 Å². The minimum Gasteiger partial charge on any atom is -0.491 e. The quantitative estimate of drug-likeness (QED) is 0.933. The minimum absolute atomic E-state index is 0.0639. The number of pyridine rings is 1. The highest BCUT2D eigenvalue weighted by atomic mass is 79.9. The molecule has 0 aliphatic heterocycles. The van der Waals surface area contributed by atoms with Crippen molar-refractivity contribution in [2.45, 2.75) is 26.1 Å². The van der Waals surface area contributed by atoms with E-state index in [9.17, 15) is 5.11 Å². The fourth-order valence-electron chi connectivity index (χ4n) is 1.83. The zero-order valence-electron chi connectivity index (χ0n) is 10.9. The highest BCUT2D eigenvalue weighted by Crippen LogP contribution is 2.31. The molecule has 2 rings (SSSR count). The predicted molar refractivity (Wildman–Crippen MR) is 78.2 cm³/mol. The van der Waals surface area contributed by atoms with Crippen molar-refractivity contribution in [3.05, 3.63) is 58.3 Å². The third kappa shape index (κ3) is 3.55. The van der Waals surface area contributed by atoms with Crippen molar-refractivity contribution in [3.63, 3.8) is 0 Å². The van der Waals surface area contributed by atoms with Crippen molar-refractivity contribution in [1.82, 2.24) is 4.98 Å². The smallest absolute Gasteiger partial charge is 0.125 e. The van der Waals surface area contributed by atoms with Crippen LogP contribution in [-0.4, -0.2) is 16.2 Å². The summed E-state index contributed by atoms with van der Waals surface area (Å²) in [6.07, 6.45) is 2.66. The molecule has 100 valence electrons. The van der Waals surface area contributed by atoms with Crippen LogP contribution in [0.2, 0.25) is 0 Å². The zero-order chi connectivity index (χ0) is 13.8. The Labute approximate surface area is 121 Å². The zero-order valence-corrected chi connectivity index (χ0v) is 12.5. The molecule has 1 atom stereocenters. The van der Waals surface area contributed by atoms with Crippen LogP contribution in [0.5, 0.6) is 5.75 Å².